The Morgan fingerprint density at radius 2 is 2.24 bits per heavy atom. The average molecular weight is 256 g/mol. The first kappa shape index (κ1) is 12.5. The third-order valence-electron chi connectivity index (χ3n) is 3.37. The van der Waals surface area contributed by atoms with Crippen LogP contribution in [0.1, 0.15) is 25.3 Å². The topological polar surface area (TPSA) is 43.1 Å². The molecule has 0 saturated heterocycles. The van der Waals surface area contributed by atoms with Crippen molar-refractivity contribution >= 4 is 17.4 Å². The Kier molecular flexibility index (Phi) is 3.23. The number of nitrogens with two attached hydrogens (primary N) is 1. The predicted octanol–water partition coefficient (Wildman–Crippen LogP) is 2.72. The van der Waals surface area contributed by atoms with Gasteiger partial charge in [-0.05, 0) is 43.4 Å². The highest BCUT2D eigenvalue weighted by Gasteiger charge is 2.43. The Hall–Kier alpha value is -0.930. The van der Waals surface area contributed by atoms with Crippen LogP contribution in [0.25, 0.3) is 0 Å². The second kappa shape index (κ2) is 4.39. The minimum atomic E-state index is -0.763. The van der Waals surface area contributed by atoms with Gasteiger partial charge in [-0.25, -0.2) is 4.39 Å². The van der Waals surface area contributed by atoms with Crippen molar-refractivity contribution in [1.82, 2.24) is 0 Å². The fraction of sp³-hybridized carbons (Fsp3) is 0.462. The van der Waals surface area contributed by atoms with Crippen LogP contribution in [0.5, 0.6) is 0 Å². The first-order chi connectivity index (χ1) is 7.91. The summed E-state index contributed by atoms with van der Waals surface area (Å²) in [4.78, 5) is 12.1. The van der Waals surface area contributed by atoms with E-state index < -0.39 is 11.4 Å². The van der Waals surface area contributed by atoms with E-state index in [1.54, 1.807) is 13.0 Å². The molecule has 1 unspecified atom stereocenters. The lowest BCUT2D eigenvalue weighted by Crippen LogP contribution is -2.47. The minimum absolute atomic E-state index is 0.0114. The fourth-order valence-corrected chi connectivity index (χ4v) is 2.14. The van der Waals surface area contributed by atoms with E-state index in [9.17, 15) is 9.18 Å². The molecule has 2 rings (SSSR count). The van der Waals surface area contributed by atoms with E-state index in [0.717, 1.165) is 12.8 Å². The lowest BCUT2D eigenvalue weighted by atomic mass is 9.88. The Morgan fingerprint density at radius 3 is 2.76 bits per heavy atom. The number of hydrogen-bond acceptors (Lipinski definition) is 2. The molecule has 0 aromatic heterocycles. The standard InChI is InChI=1S/C13H15ClFNO/c1-13(16,9-3-4-9)12(17)7-8-2-5-11(15)10(14)6-8/h2,5-6,9H,3-4,7,16H2,1H3. The number of carbonyl (C=O) groups excluding carboxylic acids is 1. The normalized spacial score (nSPS) is 18.8. The zero-order chi connectivity index (χ0) is 12.6. The van der Waals surface area contributed by atoms with Gasteiger partial charge in [0.25, 0.3) is 0 Å². The number of rotatable bonds is 4. The van der Waals surface area contributed by atoms with Crippen LogP contribution < -0.4 is 5.73 Å². The molecule has 1 saturated carbocycles. The summed E-state index contributed by atoms with van der Waals surface area (Å²) in [6.45, 7) is 1.78. The summed E-state index contributed by atoms with van der Waals surface area (Å²) in [5.74, 6) is -0.186. The van der Waals surface area contributed by atoms with Crippen LogP contribution in [0.3, 0.4) is 0 Å². The van der Waals surface area contributed by atoms with Crippen molar-refractivity contribution in [1.29, 1.82) is 0 Å². The van der Waals surface area contributed by atoms with Crippen LogP contribution >= 0.6 is 11.6 Å². The van der Waals surface area contributed by atoms with Crippen LogP contribution in [0.4, 0.5) is 4.39 Å². The van der Waals surface area contributed by atoms with E-state index >= 15 is 0 Å². The molecular weight excluding hydrogens is 241 g/mol. The Morgan fingerprint density at radius 1 is 1.59 bits per heavy atom. The molecule has 0 radical (unpaired) electrons. The van der Waals surface area contributed by atoms with E-state index in [1.807, 2.05) is 0 Å². The van der Waals surface area contributed by atoms with Crippen molar-refractivity contribution in [3.63, 3.8) is 0 Å². The monoisotopic (exact) mass is 255 g/mol. The van der Waals surface area contributed by atoms with Gasteiger partial charge in [0.1, 0.15) is 5.82 Å². The van der Waals surface area contributed by atoms with Gasteiger partial charge in [0.2, 0.25) is 0 Å². The third-order valence-corrected chi connectivity index (χ3v) is 3.66. The second-order valence-electron chi connectivity index (χ2n) is 4.91. The molecule has 17 heavy (non-hydrogen) atoms. The maximum Gasteiger partial charge on any atom is 0.156 e. The van der Waals surface area contributed by atoms with Crippen LogP contribution in [-0.2, 0) is 11.2 Å². The highest BCUT2D eigenvalue weighted by molar-refractivity contribution is 6.30. The van der Waals surface area contributed by atoms with Gasteiger partial charge >= 0.3 is 0 Å². The first-order valence-electron chi connectivity index (χ1n) is 5.67. The van der Waals surface area contributed by atoms with Gasteiger partial charge < -0.3 is 5.73 Å². The summed E-state index contributed by atoms with van der Waals surface area (Å²) in [6.07, 6.45) is 2.25. The van der Waals surface area contributed by atoms with E-state index in [-0.39, 0.29) is 17.2 Å². The highest BCUT2D eigenvalue weighted by Crippen LogP contribution is 2.39. The van der Waals surface area contributed by atoms with Crippen molar-refractivity contribution in [3.8, 4) is 0 Å². The molecule has 0 bridgehead atoms. The molecular formula is C13H15ClFNO. The lowest BCUT2D eigenvalue weighted by molar-refractivity contribution is -0.123. The molecule has 1 aliphatic rings. The zero-order valence-electron chi connectivity index (χ0n) is 9.67. The van der Waals surface area contributed by atoms with Gasteiger partial charge in [-0.1, -0.05) is 17.7 Å². The van der Waals surface area contributed by atoms with Crippen LogP contribution in [0, 0.1) is 11.7 Å². The van der Waals surface area contributed by atoms with E-state index in [4.69, 9.17) is 17.3 Å². The molecule has 1 aromatic rings. The summed E-state index contributed by atoms with van der Waals surface area (Å²) in [5.41, 5.74) is 5.97. The number of halogens is 2. The molecule has 2 N–H and O–H groups in total. The average Bonchev–Trinajstić information content (AvgIpc) is 3.07. The number of benzene rings is 1. The van der Waals surface area contributed by atoms with Gasteiger partial charge in [-0.3, -0.25) is 4.79 Å². The Bertz CT molecular complexity index is 455. The first-order valence-corrected chi connectivity index (χ1v) is 6.05. The maximum absolute atomic E-state index is 13.0. The van der Waals surface area contributed by atoms with Crippen molar-refractivity contribution in [2.24, 2.45) is 11.7 Å². The summed E-state index contributed by atoms with van der Waals surface area (Å²) in [7, 11) is 0. The smallest absolute Gasteiger partial charge is 0.156 e. The summed E-state index contributed by atoms with van der Waals surface area (Å²) in [6, 6.07) is 4.33. The summed E-state index contributed by atoms with van der Waals surface area (Å²) >= 11 is 5.67. The molecule has 2 nitrogen and oxygen atoms in total. The Labute approximate surface area is 105 Å². The summed E-state index contributed by atoms with van der Waals surface area (Å²) in [5, 5.41) is 0.0421. The SMILES string of the molecule is CC(N)(C(=O)Cc1ccc(F)c(Cl)c1)C1CC1. The van der Waals surface area contributed by atoms with Crippen molar-refractivity contribution in [2.45, 2.75) is 31.7 Å². The van der Waals surface area contributed by atoms with Crippen LogP contribution in [0.15, 0.2) is 18.2 Å². The largest absolute Gasteiger partial charge is 0.319 e. The van der Waals surface area contributed by atoms with E-state index in [1.165, 1.54) is 12.1 Å². The Balaban J connectivity index is 2.10. The van der Waals surface area contributed by atoms with E-state index in [2.05, 4.69) is 0 Å². The van der Waals surface area contributed by atoms with Gasteiger partial charge in [-0.2, -0.15) is 0 Å². The number of hydrogen-bond donors (Lipinski definition) is 1. The molecule has 1 aromatic carbocycles. The minimum Gasteiger partial charge on any atom is -0.319 e. The van der Waals surface area contributed by atoms with Crippen molar-refractivity contribution < 1.29 is 9.18 Å². The van der Waals surface area contributed by atoms with Crippen LogP contribution in [-0.4, -0.2) is 11.3 Å². The van der Waals surface area contributed by atoms with Crippen LogP contribution in [0.2, 0.25) is 5.02 Å². The molecule has 1 fully saturated rings. The van der Waals surface area contributed by atoms with Crippen molar-refractivity contribution in [2.75, 3.05) is 0 Å². The molecule has 0 amide bonds. The number of ketones is 1. The van der Waals surface area contributed by atoms with Crippen molar-refractivity contribution in [3.05, 3.63) is 34.6 Å². The zero-order valence-corrected chi connectivity index (χ0v) is 10.4. The number of Topliss-reactive ketones (excluding diaryl/α,β-unsaturated/α-hetero) is 1. The van der Waals surface area contributed by atoms with Gasteiger partial charge in [-0.15, -0.1) is 0 Å². The lowest BCUT2D eigenvalue weighted by Gasteiger charge is -2.22. The second-order valence-corrected chi connectivity index (χ2v) is 5.31. The molecule has 1 aliphatic carbocycles. The molecule has 0 aliphatic heterocycles. The molecule has 1 atom stereocenters. The maximum atomic E-state index is 13.0. The van der Waals surface area contributed by atoms with Gasteiger partial charge in [0.15, 0.2) is 5.78 Å². The van der Waals surface area contributed by atoms with Gasteiger partial charge in [0, 0.05) is 6.42 Å². The van der Waals surface area contributed by atoms with Gasteiger partial charge in [0.05, 0.1) is 10.6 Å². The molecule has 4 heteroatoms. The highest BCUT2D eigenvalue weighted by atomic mass is 35.5. The third kappa shape index (κ3) is 2.67. The fourth-order valence-electron chi connectivity index (χ4n) is 1.94. The van der Waals surface area contributed by atoms with E-state index in [0.29, 0.717) is 11.5 Å². The number of carbonyl (C=O) groups is 1. The quantitative estimate of drug-likeness (QED) is 0.899. The molecule has 92 valence electrons. The molecule has 0 spiro atoms. The summed E-state index contributed by atoms with van der Waals surface area (Å²) < 4.78 is 13.0. The predicted molar refractivity (Wildman–Crippen MR) is 65.4 cm³/mol. The molecule has 0 heterocycles.